The van der Waals surface area contributed by atoms with Crippen LogP contribution in [0.25, 0.3) is 11.1 Å². The van der Waals surface area contributed by atoms with Crippen LogP contribution >= 0.6 is 0 Å². The standard InChI is InChI=1S/C15H16N4O/c1-9-13(7-18-19(9)2)10-3-4-11-12(5-10)14(6-16)17-8-15(11)20/h3-5,7H,6,8,16H2,1-2H3. The van der Waals surface area contributed by atoms with Gasteiger partial charge in [-0.25, -0.2) is 0 Å². The highest BCUT2D eigenvalue weighted by atomic mass is 16.1. The zero-order valence-corrected chi connectivity index (χ0v) is 11.6. The molecule has 0 radical (unpaired) electrons. The Hall–Kier alpha value is -2.27. The third-order valence-electron chi connectivity index (χ3n) is 3.78. The fraction of sp³-hybridized carbons (Fsp3) is 0.267. The third kappa shape index (κ3) is 1.87. The highest BCUT2D eigenvalue weighted by molar-refractivity contribution is 6.16. The number of carbonyl (C=O) groups excluding carboxylic acids is 1. The lowest BCUT2D eigenvalue weighted by atomic mass is 9.92. The van der Waals surface area contributed by atoms with E-state index in [0.29, 0.717) is 12.1 Å². The summed E-state index contributed by atoms with van der Waals surface area (Å²) in [6.07, 6.45) is 1.83. The van der Waals surface area contributed by atoms with Gasteiger partial charge < -0.3 is 5.73 Å². The van der Waals surface area contributed by atoms with Crippen molar-refractivity contribution in [3.05, 3.63) is 41.2 Å². The Morgan fingerprint density at radius 2 is 2.10 bits per heavy atom. The van der Waals surface area contributed by atoms with E-state index in [2.05, 4.69) is 10.1 Å². The minimum atomic E-state index is 0.0478. The van der Waals surface area contributed by atoms with Gasteiger partial charge in [-0.15, -0.1) is 0 Å². The second-order valence-corrected chi connectivity index (χ2v) is 4.92. The first kappa shape index (κ1) is 12.7. The molecule has 0 spiro atoms. The Labute approximate surface area is 117 Å². The summed E-state index contributed by atoms with van der Waals surface area (Å²) in [6, 6.07) is 5.81. The molecule has 20 heavy (non-hydrogen) atoms. The van der Waals surface area contributed by atoms with Crippen molar-refractivity contribution in [2.45, 2.75) is 6.92 Å². The SMILES string of the molecule is Cc1c(-c2ccc3c(c2)C(CN)=NCC3=O)cnn1C. The molecule has 1 aliphatic rings. The average Bonchev–Trinajstić information content (AvgIpc) is 2.79. The Morgan fingerprint density at radius 3 is 2.75 bits per heavy atom. The number of benzene rings is 1. The van der Waals surface area contributed by atoms with Crippen LogP contribution in [0.2, 0.25) is 0 Å². The summed E-state index contributed by atoms with van der Waals surface area (Å²) in [7, 11) is 1.91. The molecular weight excluding hydrogens is 252 g/mol. The molecule has 2 heterocycles. The molecule has 0 aliphatic carbocycles. The summed E-state index contributed by atoms with van der Waals surface area (Å²) in [6.45, 7) is 2.56. The van der Waals surface area contributed by atoms with E-state index in [9.17, 15) is 4.79 Å². The fourth-order valence-electron chi connectivity index (χ4n) is 2.49. The molecule has 2 aromatic rings. The number of aliphatic imine (C=N–C) groups is 1. The molecule has 1 aliphatic heterocycles. The number of nitrogens with two attached hydrogens (primary N) is 1. The van der Waals surface area contributed by atoms with Gasteiger partial charge in [0.15, 0.2) is 5.78 Å². The van der Waals surface area contributed by atoms with Gasteiger partial charge in [0.25, 0.3) is 0 Å². The number of Topliss-reactive ketones (excluding diaryl/α,β-unsaturated/α-hetero) is 1. The lowest BCUT2D eigenvalue weighted by Gasteiger charge is -2.16. The minimum absolute atomic E-state index is 0.0478. The highest BCUT2D eigenvalue weighted by Gasteiger charge is 2.20. The molecule has 1 aromatic heterocycles. The number of hydrogen-bond acceptors (Lipinski definition) is 4. The minimum Gasteiger partial charge on any atom is -0.325 e. The molecule has 3 rings (SSSR count). The first-order valence-electron chi connectivity index (χ1n) is 6.52. The van der Waals surface area contributed by atoms with E-state index in [1.165, 1.54) is 0 Å². The van der Waals surface area contributed by atoms with Gasteiger partial charge in [0.2, 0.25) is 0 Å². The van der Waals surface area contributed by atoms with Gasteiger partial charge in [0.1, 0.15) is 6.54 Å². The lowest BCUT2D eigenvalue weighted by Crippen LogP contribution is -2.24. The normalized spacial score (nSPS) is 14.2. The van der Waals surface area contributed by atoms with Crippen molar-refractivity contribution in [1.82, 2.24) is 9.78 Å². The Bertz CT molecular complexity index is 727. The van der Waals surface area contributed by atoms with Gasteiger partial charge in [0, 0.05) is 36.0 Å². The van der Waals surface area contributed by atoms with E-state index >= 15 is 0 Å². The van der Waals surface area contributed by atoms with E-state index in [0.717, 1.165) is 28.1 Å². The maximum atomic E-state index is 11.9. The van der Waals surface area contributed by atoms with Crippen molar-refractivity contribution in [3.8, 4) is 11.1 Å². The van der Waals surface area contributed by atoms with Crippen molar-refractivity contribution in [1.29, 1.82) is 0 Å². The van der Waals surface area contributed by atoms with Crippen LogP contribution in [0.15, 0.2) is 29.4 Å². The van der Waals surface area contributed by atoms with Gasteiger partial charge in [-0.05, 0) is 18.6 Å². The molecular formula is C15H16N4O. The van der Waals surface area contributed by atoms with E-state index in [-0.39, 0.29) is 12.3 Å². The molecule has 0 saturated heterocycles. The van der Waals surface area contributed by atoms with Crippen molar-refractivity contribution in [2.24, 2.45) is 17.8 Å². The number of rotatable bonds is 2. The van der Waals surface area contributed by atoms with E-state index in [4.69, 9.17) is 5.73 Å². The monoisotopic (exact) mass is 268 g/mol. The quantitative estimate of drug-likeness (QED) is 0.893. The number of aryl methyl sites for hydroxylation is 1. The molecule has 1 aromatic carbocycles. The van der Waals surface area contributed by atoms with Crippen LogP contribution in [0.4, 0.5) is 0 Å². The van der Waals surface area contributed by atoms with Crippen LogP contribution in [0.3, 0.4) is 0 Å². The number of carbonyl (C=O) groups is 1. The largest absolute Gasteiger partial charge is 0.325 e. The van der Waals surface area contributed by atoms with Crippen LogP contribution in [0, 0.1) is 6.92 Å². The molecule has 0 saturated carbocycles. The van der Waals surface area contributed by atoms with Crippen molar-refractivity contribution >= 4 is 11.5 Å². The summed E-state index contributed by atoms with van der Waals surface area (Å²) in [5.41, 5.74) is 11.3. The number of nitrogens with zero attached hydrogens (tertiary/aromatic N) is 3. The van der Waals surface area contributed by atoms with Crippen LogP contribution in [0.1, 0.15) is 21.6 Å². The maximum absolute atomic E-state index is 11.9. The first-order chi connectivity index (χ1) is 9.61. The Balaban J connectivity index is 2.16. The maximum Gasteiger partial charge on any atom is 0.184 e. The molecule has 0 fully saturated rings. The average molecular weight is 268 g/mol. The molecule has 2 N–H and O–H groups in total. The van der Waals surface area contributed by atoms with E-state index < -0.39 is 0 Å². The predicted octanol–water partition coefficient (Wildman–Crippen LogP) is 1.34. The van der Waals surface area contributed by atoms with E-state index in [1.54, 1.807) is 0 Å². The predicted molar refractivity (Wildman–Crippen MR) is 78.2 cm³/mol. The summed E-state index contributed by atoms with van der Waals surface area (Å²) >= 11 is 0. The van der Waals surface area contributed by atoms with Gasteiger partial charge in [0.05, 0.1) is 11.9 Å². The third-order valence-corrected chi connectivity index (χ3v) is 3.78. The Kier molecular flexibility index (Phi) is 2.99. The summed E-state index contributed by atoms with van der Waals surface area (Å²) in [5, 5.41) is 4.25. The fourth-order valence-corrected chi connectivity index (χ4v) is 2.49. The molecule has 0 unspecified atom stereocenters. The number of fused-ring (bicyclic) bond motifs is 1. The smallest absolute Gasteiger partial charge is 0.184 e. The van der Waals surface area contributed by atoms with Crippen molar-refractivity contribution in [2.75, 3.05) is 13.1 Å². The lowest BCUT2D eigenvalue weighted by molar-refractivity contribution is 0.1000. The molecule has 102 valence electrons. The van der Waals surface area contributed by atoms with Gasteiger partial charge in [-0.2, -0.15) is 5.10 Å². The second kappa shape index (κ2) is 4.68. The molecule has 0 bridgehead atoms. The number of ketones is 1. The number of hydrogen-bond donors (Lipinski definition) is 1. The summed E-state index contributed by atoms with van der Waals surface area (Å²) in [4.78, 5) is 16.2. The Morgan fingerprint density at radius 1 is 1.30 bits per heavy atom. The van der Waals surface area contributed by atoms with Crippen molar-refractivity contribution in [3.63, 3.8) is 0 Å². The van der Waals surface area contributed by atoms with Crippen molar-refractivity contribution < 1.29 is 4.79 Å². The second-order valence-electron chi connectivity index (χ2n) is 4.92. The van der Waals surface area contributed by atoms with Gasteiger partial charge in [-0.3, -0.25) is 14.5 Å². The topological polar surface area (TPSA) is 73.3 Å². The van der Waals surface area contributed by atoms with Crippen LogP contribution in [-0.2, 0) is 7.05 Å². The molecule has 5 heteroatoms. The van der Waals surface area contributed by atoms with Crippen LogP contribution in [0.5, 0.6) is 0 Å². The first-order valence-corrected chi connectivity index (χ1v) is 6.52. The van der Waals surface area contributed by atoms with Gasteiger partial charge >= 0.3 is 0 Å². The number of aromatic nitrogens is 2. The highest BCUT2D eigenvalue weighted by Crippen LogP contribution is 2.27. The van der Waals surface area contributed by atoms with Crippen LogP contribution < -0.4 is 5.73 Å². The molecule has 5 nitrogen and oxygen atoms in total. The summed E-state index contributed by atoms with van der Waals surface area (Å²) in [5.74, 6) is 0.0478. The van der Waals surface area contributed by atoms with Crippen LogP contribution in [-0.4, -0.2) is 34.4 Å². The van der Waals surface area contributed by atoms with Gasteiger partial charge in [-0.1, -0.05) is 12.1 Å². The molecule has 0 amide bonds. The zero-order chi connectivity index (χ0) is 14.3. The molecule has 0 atom stereocenters. The van der Waals surface area contributed by atoms with E-state index in [1.807, 2.05) is 43.0 Å². The zero-order valence-electron chi connectivity index (χ0n) is 11.6. The summed E-state index contributed by atoms with van der Waals surface area (Å²) < 4.78 is 1.83.